The fraction of sp³-hybridized carbons (Fsp3) is 1.00. The first-order chi connectivity index (χ1) is 8.30. The molecule has 2 aliphatic heterocycles. The summed E-state index contributed by atoms with van der Waals surface area (Å²) in [5.74, 6) is 0.886. The molecule has 2 fully saturated rings. The van der Waals surface area contributed by atoms with Crippen LogP contribution in [0.4, 0.5) is 0 Å². The van der Waals surface area contributed by atoms with E-state index in [1.165, 1.54) is 45.2 Å². The minimum atomic E-state index is 0.240. The van der Waals surface area contributed by atoms with Gasteiger partial charge in [-0.15, -0.1) is 0 Å². The Kier molecular flexibility index (Phi) is 4.83. The van der Waals surface area contributed by atoms with Crippen molar-refractivity contribution in [2.45, 2.75) is 51.0 Å². The van der Waals surface area contributed by atoms with E-state index in [9.17, 15) is 0 Å². The maximum Gasteiger partial charge on any atom is 0.0484 e. The van der Waals surface area contributed by atoms with Gasteiger partial charge in [-0.25, -0.2) is 0 Å². The van der Waals surface area contributed by atoms with E-state index in [4.69, 9.17) is 10.5 Å². The first-order valence-corrected chi connectivity index (χ1v) is 7.33. The van der Waals surface area contributed by atoms with Crippen molar-refractivity contribution in [3.05, 3.63) is 0 Å². The first-order valence-electron chi connectivity index (χ1n) is 7.33. The molecule has 2 atom stereocenters. The van der Waals surface area contributed by atoms with Crippen LogP contribution >= 0.6 is 0 Å². The predicted molar refractivity (Wildman–Crippen MR) is 71.0 cm³/mol. The van der Waals surface area contributed by atoms with E-state index in [0.717, 1.165) is 32.1 Å². The second-order valence-electron chi connectivity index (χ2n) is 5.76. The van der Waals surface area contributed by atoms with E-state index in [1.54, 1.807) is 0 Å². The molecule has 0 radical (unpaired) electrons. The molecule has 0 aromatic heterocycles. The third-order valence-electron chi connectivity index (χ3n) is 4.79. The fourth-order valence-electron chi connectivity index (χ4n) is 3.47. The van der Waals surface area contributed by atoms with E-state index in [-0.39, 0.29) is 5.54 Å². The second-order valence-corrected chi connectivity index (χ2v) is 5.76. The molecule has 2 N–H and O–H groups in total. The SMILES string of the molecule is CCC1CCCN(C2(CN)CCCOCC2)C1. The van der Waals surface area contributed by atoms with Crippen LogP contribution in [-0.2, 0) is 4.74 Å². The van der Waals surface area contributed by atoms with Gasteiger partial charge >= 0.3 is 0 Å². The van der Waals surface area contributed by atoms with Gasteiger partial charge < -0.3 is 10.5 Å². The molecule has 0 bridgehead atoms. The number of ether oxygens (including phenoxy) is 1. The number of hydrogen-bond acceptors (Lipinski definition) is 3. The monoisotopic (exact) mass is 240 g/mol. The molecule has 0 spiro atoms. The standard InChI is InChI=1S/C14H28N2O/c1-2-13-5-3-8-16(11-13)14(12-15)6-4-9-17-10-7-14/h13H,2-12,15H2,1H3. The van der Waals surface area contributed by atoms with Crippen molar-refractivity contribution in [1.29, 1.82) is 0 Å². The van der Waals surface area contributed by atoms with Crippen LogP contribution in [0.3, 0.4) is 0 Å². The van der Waals surface area contributed by atoms with Gasteiger partial charge in [0, 0.05) is 31.8 Å². The molecule has 2 rings (SSSR count). The summed E-state index contributed by atoms with van der Waals surface area (Å²) in [4.78, 5) is 2.69. The largest absolute Gasteiger partial charge is 0.381 e. The zero-order valence-corrected chi connectivity index (χ0v) is 11.3. The van der Waals surface area contributed by atoms with Crippen LogP contribution in [-0.4, -0.2) is 43.3 Å². The molecular weight excluding hydrogens is 212 g/mol. The second kappa shape index (κ2) is 6.17. The molecule has 2 unspecified atom stereocenters. The van der Waals surface area contributed by atoms with Crippen LogP contribution in [0, 0.1) is 5.92 Å². The van der Waals surface area contributed by atoms with Gasteiger partial charge in [-0.3, -0.25) is 4.90 Å². The zero-order valence-electron chi connectivity index (χ0n) is 11.3. The van der Waals surface area contributed by atoms with Crippen molar-refractivity contribution in [2.24, 2.45) is 11.7 Å². The van der Waals surface area contributed by atoms with Gasteiger partial charge in [0.15, 0.2) is 0 Å². The molecule has 0 saturated carbocycles. The van der Waals surface area contributed by atoms with Crippen LogP contribution in [0.5, 0.6) is 0 Å². The van der Waals surface area contributed by atoms with Gasteiger partial charge in [-0.1, -0.05) is 13.3 Å². The molecule has 2 saturated heterocycles. The van der Waals surface area contributed by atoms with Crippen molar-refractivity contribution in [2.75, 3.05) is 32.8 Å². The molecule has 0 aromatic carbocycles. The minimum Gasteiger partial charge on any atom is -0.381 e. The Morgan fingerprint density at radius 3 is 2.94 bits per heavy atom. The number of nitrogens with zero attached hydrogens (tertiary/aromatic N) is 1. The smallest absolute Gasteiger partial charge is 0.0484 e. The summed E-state index contributed by atoms with van der Waals surface area (Å²) >= 11 is 0. The lowest BCUT2D eigenvalue weighted by Gasteiger charge is -2.47. The Morgan fingerprint density at radius 1 is 1.29 bits per heavy atom. The van der Waals surface area contributed by atoms with E-state index >= 15 is 0 Å². The Labute approximate surface area is 106 Å². The van der Waals surface area contributed by atoms with Crippen LogP contribution in [0.25, 0.3) is 0 Å². The number of hydrogen-bond donors (Lipinski definition) is 1. The molecule has 0 amide bonds. The van der Waals surface area contributed by atoms with Crippen molar-refractivity contribution in [3.8, 4) is 0 Å². The van der Waals surface area contributed by atoms with Crippen molar-refractivity contribution >= 4 is 0 Å². The maximum atomic E-state index is 6.13. The molecule has 0 aromatic rings. The van der Waals surface area contributed by atoms with E-state index < -0.39 is 0 Å². The van der Waals surface area contributed by atoms with Crippen molar-refractivity contribution in [3.63, 3.8) is 0 Å². The molecule has 100 valence electrons. The number of piperidine rings is 1. The van der Waals surface area contributed by atoms with Gasteiger partial charge in [0.1, 0.15) is 0 Å². The van der Waals surface area contributed by atoms with E-state index in [0.29, 0.717) is 0 Å². The topological polar surface area (TPSA) is 38.5 Å². The first kappa shape index (κ1) is 13.3. The predicted octanol–water partition coefficient (Wildman–Crippen LogP) is 2.01. The lowest BCUT2D eigenvalue weighted by molar-refractivity contribution is 0.0297. The number of likely N-dealkylation sites (tertiary alicyclic amines) is 1. The molecule has 3 nitrogen and oxygen atoms in total. The van der Waals surface area contributed by atoms with Gasteiger partial charge in [-0.05, 0) is 44.6 Å². The number of nitrogens with two attached hydrogens (primary N) is 1. The molecule has 0 aliphatic carbocycles. The summed E-state index contributed by atoms with van der Waals surface area (Å²) in [5.41, 5.74) is 6.37. The highest BCUT2D eigenvalue weighted by molar-refractivity contribution is 4.95. The summed E-state index contributed by atoms with van der Waals surface area (Å²) < 4.78 is 5.61. The van der Waals surface area contributed by atoms with Crippen LogP contribution in [0.15, 0.2) is 0 Å². The van der Waals surface area contributed by atoms with E-state index in [2.05, 4.69) is 11.8 Å². The van der Waals surface area contributed by atoms with E-state index in [1.807, 2.05) is 0 Å². The Morgan fingerprint density at radius 2 is 2.18 bits per heavy atom. The Bertz CT molecular complexity index is 224. The summed E-state index contributed by atoms with van der Waals surface area (Å²) in [6, 6.07) is 0. The van der Waals surface area contributed by atoms with Crippen molar-refractivity contribution < 1.29 is 4.74 Å². The van der Waals surface area contributed by atoms with Gasteiger partial charge in [0.25, 0.3) is 0 Å². The summed E-state index contributed by atoms with van der Waals surface area (Å²) in [6.07, 6.45) is 7.59. The van der Waals surface area contributed by atoms with Gasteiger partial charge in [-0.2, -0.15) is 0 Å². The molecule has 3 heteroatoms. The van der Waals surface area contributed by atoms with Crippen molar-refractivity contribution in [1.82, 2.24) is 4.90 Å². The average molecular weight is 240 g/mol. The average Bonchev–Trinajstić information content (AvgIpc) is 2.65. The summed E-state index contributed by atoms with van der Waals surface area (Å²) in [5, 5.41) is 0. The number of rotatable bonds is 3. The zero-order chi connectivity index (χ0) is 12.1. The summed E-state index contributed by atoms with van der Waals surface area (Å²) in [6.45, 7) is 7.44. The highest BCUT2D eigenvalue weighted by Crippen LogP contribution is 2.32. The van der Waals surface area contributed by atoms with Crippen LogP contribution < -0.4 is 5.73 Å². The normalized spacial score (nSPS) is 36.7. The molecule has 17 heavy (non-hydrogen) atoms. The lowest BCUT2D eigenvalue weighted by Crippen LogP contribution is -2.57. The quantitative estimate of drug-likeness (QED) is 0.820. The third kappa shape index (κ3) is 3.01. The third-order valence-corrected chi connectivity index (χ3v) is 4.79. The van der Waals surface area contributed by atoms with Crippen LogP contribution in [0.1, 0.15) is 45.4 Å². The minimum absolute atomic E-state index is 0.240. The maximum absolute atomic E-state index is 6.13. The highest BCUT2D eigenvalue weighted by Gasteiger charge is 2.38. The molecular formula is C14H28N2O. The highest BCUT2D eigenvalue weighted by atomic mass is 16.5. The Hall–Kier alpha value is -0.120. The molecule has 2 aliphatic rings. The van der Waals surface area contributed by atoms with Gasteiger partial charge in [0.05, 0.1) is 0 Å². The molecule has 2 heterocycles. The fourth-order valence-corrected chi connectivity index (χ4v) is 3.47. The Balaban J connectivity index is 2.04. The summed E-state index contributed by atoms with van der Waals surface area (Å²) in [7, 11) is 0. The van der Waals surface area contributed by atoms with Gasteiger partial charge in [0.2, 0.25) is 0 Å². The van der Waals surface area contributed by atoms with Crippen LogP contribution in [0.2, 0.25) is 0 Å². The lowest BCUT2D eigenvalue weighted by atomic mass is 9.84.